The van der Waals surface area contributed by atoms with Gasteiger partial charge in [0.15, 0.2) is 0 Å². The molecule has 4 fully saturated rings. The molecule has 1 aliphatic heterocycles. The number of benzene rings is 1. The van der Waals surface area contributed by atoms with Gasteiger partial charge in [-0.05, 0) is 83.1 Å². The fourth-order valence-corrected chi connectivity index (χ4v) is 6.98. The molecule has 1 heterocycles. The quantitative estimate of drug-likeness (QED) is 0.728. The van der Waals surface area contributed by atoms with Gasteiger partial charge in [0.1, 0.15) is 6.10 Å². The first-order valence-electron chi connectivity index (χ1n) is 11.6. The second kappa shape index (κ2) is 7.00. The van der Waals surface area contributed by atoms with E-state index < -0.39 is 6.09 Å². The molecule has 162 valence electrons. The Bertz CT molecular complexity index is 821. The molecule has 0 spiro atoms. The minimum Gasteiger partial charge on any atom is -0.441 e. The van der Waals surface area contributed by atoms with E-state index in [-0.39, 0.29) is 17.1 Å². The van der Waals surface area contributed by atoms with Crippen molar-refractivity contribution in [1.82, 2.24) is 5.32 Å². The maximum Gasteiger partial charge on any atom is 0.408 e. The number of nitrogens with one attached hydrogen (secondary N) is 1. The first kappa shape index (κ1) is 19.9. The van der Waals surface area contributed by atoms with E-state index in [9.17, 15) is 9.59 Å². The first-order chi connectivity index (χ1) is 14.2. The molecule has 1 aromatic rings. The van der Waals surface area contributed by atoms with E-state index in [4.69, 9.17) is 4.74 Å². The van der Waals surface area contributed by atoms with Crippen LogP contribution in [-0.4, -0.2) is 24.1 Å². The molecule has 4 aliphatic carbocycles. The van der Waals surface area contributed by atoms with Crippen LogP contribution in [0, 0.1) is 23.2 Å². The predicted molar refractivity (Wildman–Crippen MR) is 116 cm³/mol. The van der Waals surface area contributed by atoms with Gasteiger partial charge in [-0.25, -0.2) is 4.79 Å². The van der Waals surface area contributed by atoms with Gasteiger partial charge < -0.3 is 15.0 Å². The van der Waals surface area contributed by atoms with E-state index in [0.29, 0.717) is 18.9 Å². The fraction of sp³-hybridized carbons (Fsp3) is 0.680. The molecule has 5 heteroatoms. The highest BCUT2D eigenvalue weighted by atomic mass is 16.6. The van der Waals surface area contributed by atoms with Crippen LogP contribution in [0.4, 0.5) is 10.5 Å². The summed E-state index contributed by atoms with van der Waals surface area (Å²) in [6, 6.07) is 7.97. The highest BCUT2D eigenvalue weighted by Crippen LogP contribution is 2.61. The normalized spacial score (nSPS) is 34.4. The average molecular weight is 411 g/mol. The minimum absolute atomic E-state index is 0.154. The van der Waals surface area contributed by atoms with Crippen LogP contribution in [0.15, 0.2) is 24.3 Å². The van der Waals surface area contributed by atoms with Gasteiger partial charge in [0.05, 0.1) is 11.1 Å². The summed E-state index contributed by atoms with van der Waals surface area (Å²) in [5, 5.41) is 2.88. The zero-order chi connectivity index (χ0) is 21.1. The number of fused-ring (bicyclic) bond motifs is 1. The van der Waals surface area contributed by atoms with Crippen molar-refractivity contribution in [3.8, 4) is 0 Å². The van der Waals surface area contributed by atoms with Crippen LogP contribution in [0.1, 0.15) is 77.4 Å². The smallest absolute Gasteiger partial charge is 0.408 e. The van der Waals surface area contributed by atoms with Gasteiger partial charge in [-0.3, -0.25) is 4.79 Å². The lowest BCUT2D eigenvalue weighted by Crippen LogP contribution is -2.55. The number of carbonyl (C=O) groups excluding carboxylic acids is 2. The summed E-state index contributed by atoms with van der Waals surface area (Å²) in [7, 11) is 0. The summed E-state index contributed by atoms with van der Waals surface area (Å²) in [6.07, 6.45) is 7.16. The molecule has 4 bridgehead atoms. The molecule has 0 aromatic heterocycles. The van der Waals surface area contributed by atoms with Gasteiger partial charge in [-0.1, -0.05) is 18.2 Å². The summed E-state index contributed by atoms with van der Waals surface area (Å²) < 4.78 is 5.78. The Kier molecular flexibility index (Phi) is 4.64. The third-order valence-corrected chi connectivity index (χ3v) is 7.65. The molecule has 2 amide bonds. The number of alkyl carbamates (subject to hydrolysis) is 1. The lowest BCUT2D eigenvalue weighted by molar-refractivity contribution is -0.143. The standard InChI is InChI=1S/C25H34N2O3/c1-24(2,3)26-23(29)30-21-8-9-27(20-7-5-4-6-19(20)21)22(28)25-13-16-10-17(14-25)12-18(11-16)15-25/h4-7,16-18,21H,8-15H2,1-3H3,(H,26,29). The second-order valence-corrected chi connectivity index (χ2v) is 11.3. The Labute approximate surface area is 179 Å². The lowest BCUT2D eigenvalue weighted by atomic mass is 9.49. The summed E-state index contributed by atoms with van der Waals surface area (Å²) in [4.78, 5) is 28.3. The number of carbonyl (C=O) groups is 2. The third kappa shape index (κ3) is 3.50. The summed E-state index contributed by atoms with van der Waals surface area (Å²) in [5.41, 5.74) is 1.38. The molecular formula is C25H34N2O3. The Hall–Kier alpha value is -2.04. The van der Waals surface area contributed by atoms with Crippen molar-refractivity contribution in [2.75, 3.05) is 11.4 Å². The first-order valence-corrected chi connectivity index (χ1v) is 11.6. The average Bonchev–Trinajstić information content (AvgIpc) is 2.65. The molecule has 0 saturated heterocycles. The van der Waals surface area contributed by atoms with Crippen LogP contribution < -0.4 is 10.2 Å². The van der Waals surface area contributed by atoms with E-state index in [1.165, 1.54) is 19.3 Å². The minimum atomic E-state index is -0.400. The highest BCUT2D eigenvalue weighted by Gasteiger charge is 2.56. The van der Waals surface area contributed by atoms with Crippen molar-refractivity contribution in [2.24, 2.45) is 23.2 Å². The van der Waals surface area contributed by atoms with Crippen molar-refractivity contribution in [2.45, 2.75) is 77.4 Å². The molecule has 1 unspecified atom stereocenters. The summed E-state index contributed by atoms with van der Waals surface area (Å²) >= 11 is 0. The molecular weight excluding hydrogens is 376 g/mol. The van der Waals surface area contributed by atoms with Gasteiger partial charge in [-0.15, -0.1) is 0 Å². The topological polar surface area (TPSA) is 58.6 Å². The van der Waals surface area contributed by atoms with Crippen LogP contribution in [0.5, 0.6) is 0 Å². The molecule has 5 aliphatic rings. The molecule has 4 saturated carbocycles. The molecule has 30 heavy (non-hydrogen) atoms. The SMILES string of the molecule is CC(C)(C)NC(=O)OC1CCN(C(=O)C23CC4CC(CC(C4)C2)C3)c2ccccc21. The van der Waals surface area contributed by atoms with E-state index in [1.54, 1.807) is 0 Å². The van der Waals surface area contributed by atoms with Crippen molar-refractivity contribution < 1.29 is 14.3 Å². The van der Waals surface area contributed by atoms with Gasteiger partial charge in [0.2, 0.25) is 5.91 Å². The van der Waals surface area contributed by atoms with E-state index in [1.807, 2.05) is 49.9 Å². The van der Waals surface area contributed by atoms with Crippen molar-refractivity contribution in [1.29, 1.82) is 0 Å². The number of anilines is 1. The highest BCUT2D eigenvalue weighted by molar-refractivity contribution is 5.99. The van der Waals surface area contributed by atoms with E-state index in [2.05, 4.69) is 5.32 Å². The fourth-order valence-electron chi connectivity index (χ4n) is 6.98. The number of para-hydroxylation sites is 1. The number of hydrogen-bond acceptors (Lipinski definition) is 3. The van der Waals surface area contributed by atoms with Crippen molar-refractivity contribution >= 4 is 17.7 Å². The third-order valence-electron chi connectivity index (χ3n) is 7.65. The van der Waals surface area contributed by atoms with Crippen LogP contribution in [0.3, 0.4) is 0 Å². The van der Waals surface area contributed by atoms with Gasteiger partial charge in [0.25, 0.3) is 0 Å². The summed E-state index contributed by atoms with van der Waals surface area (Å²) in [6.45, 7) is 6.43. The molecule has 6 rings (SSSR count). The Morgan fingerprint density at radius 3 is 2.23 bits per heavy atom. The van der Waals surface area contributed by atoms with Crippen LogP contribution in [-0.2, 0) is 9.53 Å². The molecule has 0 radical (unpaired) electrons. The second-order valence-electron chi connectivity index (χ2n) is 11.3. The lowest BCUT2D eigenvalue weighted by Gasteiger charge is -2.57. The number of hydrogen-bond donors (Lipinski definition) is 1. The number of amides is 2. The molecule has 5 nitrogen and oxygen atoms in total. The van der Waals surface area contributed by atoms with Gasteiger partial charge >= 0.3 is 6.09 Å². The zero-order valence-corrected chi connectivity index (χ0v) is 18.4. The number of nitrogens with zero attached hydrogens (tertiary/aromatic N) is 1. The number of rotatable bonds is 2. The maximum atomic E-state index is 13.9. The zero-order valence-electron chi connectivity index (χ0n) is 18.4. The van der Waals surface area contributed by atoms with E-state index >= 15 is 0 Å². The van der Waals surface area contributed by atoms with Gasteiger partial charge in [0, 0.05) is 24.1 Å². The largest absolute Gasteiger partial charge is 0.441 e. The van der Waals surface area contributed by atoms with Crippen LogP contribution >= 0.6 is 0 Å². The Morgan fingerprint density at radius 1 is 1.03 bits per heavy atom. The van der Waals surface area contributed by atoms with Crippen LogP contribution in [0.25, 0.3) is 0 Å². The van der Waals surface area contributed by atoms with Gasteiger partial charge in [-0.2, -0.15) is 0 Å². The molecule has 1 atom stereocenters. The Morgan fingerprint density at radius 2 is 1.63 bits per heavy atom. The van der Waals surface area contributed by atoms with Crippen molar-refractivity contribution in [3.05, 3.63) is 29.8 Å². The molecule has 1 N–H and O–H groups in total. The number of ether oxygens (including phenoxy) is 1. The molecule has 1 aromatic carbocycles. The van der Waals surface area contributed by atoms with Crippen molar-refractivity contribution in [3.63, 3.8) is 0 Å². The maximum absolute atomic E-state index is 13.9. The Balaban J connectivity index is 1.38. The monoisotopic (exact) mass is 410 g/mol. The van der Waals surface area contributed by atoms with Crippen LogP contribution in [0.2, 0.25) is 0 Å². The van der Waals surface area contributed by atoms with E-state index in [0.717, 1.165) is 48.3 Å². The summed E-state index contributed by atoms with van der Waals surface area (Å²) in [5.74, 6) is 2.57. The predicted octanol–water partition coefficient (Wildman–Crippen LogP) is 5.21.